The Hall–Kier alpha value is -1.56. The van der Waals surface area contributed by atoms with Crippen LogP contribution in [0.1, 0.15) is 12.8 Å². The first-order valence-corrected chi connectivity index (χ1v) is 7.65. The Balaban J connectivity index is 1.92. The van der Waals surface area contributed by atoms with Gasteiger partial charge in [-0.25, -0.2) is 13.4 Å². The molecule has 1 aromatic heterocycles. The molecule has 0 amide bonds. The number of anilines is 1. The molecule has 1 aliphatic rings. The molecule has 1 aliphatic heterocycles. The number of sulfone groups is 1. The second-order valence-electron chi connectivity index (χ2n) is 4.25. The van der Waals surface area contributed by atoms with E-state index in [9.17, 15) is 8.42 Å². The van der Waals surface area contributed by atoms with Gasteiger partial charge in [0, 0.05) is 6.26 Å². The maximum absolute atomic E-state index is 11.2. The second kappa shape index (κ2) is 5.39. The average Bonchev–Trinajstić information content (AvgIpc) is 2.37. The van der Waals surface area contributed by atoms with Crippen LogP contribution in [0.25, 0.3) is 0 Å². The summed E-state index contributed by atoms with van der Waals surface area (Å²) in [5.74, 6) is 0. The van der Waals surface area contributed by atoms with Gasteiger partial charge >= 0.3 is 0 Å². The molecule has 18 heavy (non-hydrogen) atoms. The van der Waals surface area contributed by atoms with E-state index >= 15 is 0 Å². The molecule has 0 aliphatic carbocycles. The molecule has 2 heterocycles. The molecule has 6 heteroatoms. The van der Waals surface area contributed by atoms with E-state index in [1.165, 1.54) is 12.3 Å². The Morgan fingerprint density at radius 3 is 2.89 bits per heavy atom. The number of rotatable bonds is 4. The van der Waals surface area contributed by atoms with Crippen molar-refractivity contribution in [3.8, 4) is 0 Å². The second-order valence-corrected chi connectivity index (χ2v) is 6.21. The van der Waals surface area contributed by atoms with E-state index in [4.69, 9.17) is 4.74 Å². The summed E-state index contributed by atoms with van der Waals surface area (Å²) >= 11 is 0. The van der Waals surface area contributed by atoms with Gasteiger partial charge in [0.2, 0.25) is 0 Å². The predicted molar refractivity (Wildman–Crippen MR) is 69.1 cm³/mol. The van der Waals surface area contributed by atoms with Crippen molar-refractivity contribution in [2.75, 3.05) is 18.1 Å². The Kier molecular flexibility index (Phi) is 3.86. The lowest BCUT2D eigenvalue weighted by molar-refractivity contribution is 0.135. The van der Waals surface area contributed by atoms with Crippen molar-refractivity contribution in [1.29, 1.82) is 0 Å². The SMILES string of the molecule is CS(=O)(=O)c1ccc(NCC2CCC=CO2)cn1. The fraction of sp³-hybridized carbons (Fsp3) is 0.417. The van der Waals surface area contributed by atoms with Gasteiger partial charge in [-0.1, -0.05) is 0 Å². The molecule has 5 nitrogen and oxygen atoms in total. The molecule has 98 valence electrons. The van der Waals surface area contributed by atoms with E-state index in [1.54, 1.807) is 12.3 Å². The monoisotopic (exact) mass is 268 g/mol. The van der Waals surface area contributed by atoms with Gasteiger partial charge in [0.15, 0.2) is 14.9 Å². The van der Waals surface area contributed by atoms with Crippen LogP contribution in [0.3, 0.4) is 0 Å². The number of ether oxygens (including phenoxy) is 1. The quantitative estimate of drug-likeness (QED) is 0.898. The zero-order valence-corrected chi connectivity index (χ0v) is 11.0. The lowest BCUT2D eigenvalue weighted by Crippen LogP contribution is -2.23. The Labute approximate surface area is 107 Å². The molecular weight excluding hydrogens is 252 g/mol. The van der Waals surface area contributed by atoms with Gasteiger partial charge in [0.05, 0.1) is 24.7 Å². The highest BCUT2D eigenvalue weighted by molar-refractivity contribution is 7.90. The molecule has 0 radical (unpaired) electrons. The predicted octanol–water partition coefficient (Wildman–Crippen LogP) is 1.59. The topological polar surface area (TPSA) is 68.3 Å². The van der Waals surface area contributed by atoms with Gasteiger partial charge in [-0.15, -0.1) is 0 Å². The highest BCUT2D eigenvalue weighted by Gasteiger charge is 2.11. The number of nitrogens with zero attached hydrogens (tertiary/aromatic N) is 1. The van der Waals surface area contributed by atoms with Crippen molar-refractivity contribution < 1.29 is 13.2 Å². The first kappa shape index (κ1) is 12.9. The highest BCUT2D eigenvalue weighted by Crippen LogP contribution is 2.13. The third-order valence-corrected chi connectivity index (χ3v) is 3.67. The summed E-state index contributed by atoms with van der Waals surface area (Å²) in [7, 11) is -3.23. The lowest BCUT2D eigenvalue weighted by Gasteiger charge is -2.20. The minimum absolute atomic E-state index is 0.0879. The molecule has 1 atom stereocenters. The normalized spacial score (nSPS) is 19.3. The van der Waals surface area contributed by atoms with Crippen molar-refractivity contribution >= 4 is 15.5 Å². The Bertz CT molecular complexity index is 523. The van der Waals surface area contributed by atoms with Crippen LogP contribution in [0.2, 0.25) is 0 Å². The van der Waals surface area contributed by atoms with E-state index in [1.807, 2.05) is 6.08 Å². The number of allylic oxidation sites excluding steroid dienone is 1. The smallest absolute Gasteiger partial charge is 0.192 e. The molecule has 0 saturated heterocycles. The molecule has 1 N–H and O–H groups in total. The summed E-state index contributed by atoms with van der Waals surface area (Å²) in [6.07, 6.45) is 8.56. The number of aromatic nitrogens is 1. The van der Waals surface area contributed by atoms with Crippen LogP contribution in [-0.4, -0.2) is 32.3 Å². The van der Waals surface area contributed by atoms with Crippen molar-refractivity contribution in [2.45, 2.75) is 24.0 Å². The van der Waals surface area contributed by atoms with Crippen molar-refractivity contribution in [2.24, 2.45) is 0 Å². The van der Waals surface area contributed by atoms with Gasteiger partial charge in [-0.3, -0.25) is 0 Å². The summed E-state index contributed by atoms with van der Waals surface area (Å²) in [4.78, 5) is 3.91. The summed E-state index contributed by atoms with van der Waals surface area (Å²) < 4.78 is 27.9. The molecule has 0 aromatic carbocycles. The van der Waals surface area contributed by atoms with Gasteiger partial charge in [-0.2, -0.15) is 0 Å². The van der Waals surface area contributed by atoms with Crippen LogP contribution >= 0.6 is 0 Å². The Morgan fingerprint density at radius 1 is 1.50 bits per heavy atom. The molecule has 0 spiro atoms. The fourth-order valence-corrected chi connectivity index (χ4v) is 2.23. The maximum Gasteiger partial charge on any atom is 0.192 e. The molecule has 0 saturated carbocycles. The van der Waals surface area contributed by atoms with E-state index in [2.05, 4.69) is 10.3 Å². The van der Waals surface area contributed by atoms with Gasteiger partial charge in [0.1, 0.15) is 6.10 Å². The van der Waals surface area contributed by atoms with Crippen LogP contribution in [0.15, 0.2) is 35.7 Å². The average molecular weight is 268 g/mol. The summed E-state index contributed by atoms with van der Waals surface area (Å²) in [6.45, 7) is 0.685. The van der Waals surface area contributed by atoms with Crippen LogP contribution < -0.4 is 5.32 Å². The summed E-state index contributed by atoms with van der Waals surface area (Å²) in [6, 6.07) is 3.21. The summed E-state index contributed by atoms with van der Waals surface area (Å²) in [5.41, 5.74) is 0.792. The number of pyridine rings is 1. The minimum atomic E-state index is -3.23. The van der Waals surface area contributed by atoms with Crippen molar-refractivity contribution in [1.82, 2.24) is 4.98 Å². The minimum Gasteiger partial charge on any atom is -0.497 e. The lowest BCUT2D eigenvalue weighted by atomic mass is 10.1. The molecule has 0 bridgehead atoms. The molecule has 1 unspecified atom stereocenters. The molecule has 1 aromatic rings. The van der Waals surface area contributed by atoms with E-state index in [0.29, 0.717) is 6.54 Å². The Morgan fingerprint density at radius 2 is 2.33 bits per heavy atom. The van der Waals surface area contributed by atoms with Crippen molar-refractivity contribution in [3.63, 3.8) is 0 Å². The molecule has 2 rings (SSSR count). The highest BCUT2D eigenvalue weighted by atomic mass is 32.2. The molecular formula is C12H16N2O3S. The standard InChI is InChI=1S/C12H16N2O3S/c1-18(15,16)12-6-5-10(8-14-12)13-9-11-4-2-3-7-17-11/h3,5-8,11,13H,2,4,9H2,1H3. The van der Waals surface area contributed by atoms with E-state index in [0.717, 1.165) is 24.8 Å². The zero-order valence-electron chi connectivity index (χ0n) is 10.2. The van der Waals surface area contributed by atoms with Gasteiger partial charge in [0.25, 0.3) is 0 Å². The first-order chi connectivity index (χ1) is 8.55. The first-order valence-electron chi connectivity index (χ1n) is 5.76. The number of hydrogen-bond donors (Lipinski definition) is 1. The zero-order chi connectivity index (χ0) is 13.0. The van der Waals surface area contributed by atoms with Crippen LogP contribution in [0, 0.1) is 0 Å². The van der Waals surface area contributed by atoms with Crippen LogP contribution in [0.4, 0.5) is 5.69 Å². The molecule has 0 fully saturated rings. The van der Waals surface area contributed by atoms with Gasteiger partial charge < -0.3 is 10.1 Å². The number of nitrogens with one attached hydrogen (secondary N) is 1. The van der Waals surface area contributed by atoms with E-state index in [-0.39, 0.29) is 11.1 Å². The third kappa shape index (κ3) is 3.46. The van der Waals surface area contributed by atoms with Crippen molar-refractivity contribution in [3.05, 3.63) is 30.7 Å². The van der Waals surface area contributed by atoms with E-state index < -0.39 is 9.84 Å². The van der Waals surface area contributed by atoms with Crippen LogP contribution in [-0.2, 0) is 14.6 Å². The largest absolute Gasteiger partial charge is 0.497 e. The van der Waals surface area contributed by atoms with Crippen LogP contribution in [0.5, 0.6) is 0 Å². The van der Waals surface area contributed by atoms with Gasteiger partial charge in [-0.05, 0) is 31.1 Å². The number of hydrogen-bond acceptors (Lipinski definition) is 5. The summed E-state index contributed by atoms with van der Waals surface area (Å²) in [5, 5.41) is 3.26. The maximum atomic E-state index is 11.2. The fourth-order valence-electron chi connectivity index (χ4n) is 1.67. The third-order valence-electron chi connectivity index (χ3n) is 2.67.